The number of nitrogens with one attached hydrogen (secondary N) is 2. The summed E-state index contributed by atoms with van der Waals surface area (Å²) in [4.78, 5) is 1.71. The van der Waals surface area contributed by atoms with E-state index in [2.05, 4.69) is 34.4 Å². The largest absolute Gasteiger partial charge is 0.388 e. The molecule has 0 aliphatic carbocycles. The predicted octanol–water partition coefficient (Wildman–Crippen LogP) is 3.74. The molecule has 2 aliphatic heterocycles. The van der Waals surface area contributed by atoms with Gasteiger partial charge in [-0.3, -0.25) is 0 Å². The van der Waals surface area contributed by atoms with Crippen LogP contribution in [0.4, 0.5) is 5.69 Å². The molecule has 4 nitrogen and oxygen atoms in total. The zero-order chi connectivity index (χ0) is 17.8. The second-order valence-electron chi connectivity index (χ2n) is 7.34. The first kappa shape index (κ1) is 16.1. The lowest BCUT2D eigenvalue weighted by atomic mass is 9.99. The van der Waals surface area contributed by atoms with Crippen molar-refractivity contribution in [2.24, 2.45) is 7.05 Å². The van der Waals surface area contributed by atoms with Crippen molar-refractivity contribution >= 4 is 27.4 Å². The van der Waals surface area contributed by atoms with E-state index >= 15 is 0 Å². The summed E-state index contributed by atoms with van der Waals surface area (Å²) in [6.45, 7) is 0. The Morgan fingerprint density at radius 1 is 1.15 bits per heavy atom. The molecular weight excluding hydrogens is 342 g/mol. The van der Waals surface area contributed by atoms with Crippen molar-refractivity contribution in [1.29, 1.82) is 0 Å². The molecule has 5 rings (SSSR count). The molecule has 3 unspecified atom stereocenters. The Labute approximate surface area is 156 Å². The number of hydrogen-bond donors (Lipinski definition) is 2. The molecule has 2 N–H and O–H groups in total. The van der Waals surface area contributed by atoms with Crippen LogP contribution in [0.25, 0.3) is 10.9 Å². The quantitative estimate of drug-likeness (QED) is 0.743. The SMILES string of the molecule is CNc1cccc(S(=O)c2ccc3c(c2)c2c(n3C)CC3CCC2N3)c1. The van der Waals surface area contributed by atoms with Gasteiger partial charge in [0.05, 0.1) is 10.8 Å². The van der Waals surface area contributed by atoms with Gasteiger partial charge in [0.15, 0.2) is 0 Å². The van der Waals surface area contributed by atoms with Gasteiger partial charge >= 0.3 is 0 Å². The summed E-state index contributed by atoms with van der Waals surface area (Å²) in [7, 11) is 2.87. The lowest BCUT2D eigenvalue weighted by molar-refractivity contribution is 0.503. The van der Waals surface area contributed by atoms with Crippen LogP contribution < -0.4 is 10.6 Å². The molecule has 26 heavy (non-hydrogen) atoms. The topological polar surface area (TPSA) is 46.1 Å². The molecule has 134 valence electrons. The summed E-state index contributed by atoms with van der Waals surface area (Å²) in [5.74, 6) is 0. The summed E-state index contributed by atoms with van der Waals surface area (Å²) in [5.41, 5.74) is 5.11. The zero-order valence-corrected chi connectivity index (χ0v) is 15.9. The maximum absolute atomic E-state index is 13.2. The fourth-order valence-corrected chi connectivity index (χ4v) is 5.72. The fraction of sp³-hybridized carbons (Fsp3) is 0.333. The molecule has 1 saturated heterocycles. The highest BCUT2D eigenvalue weighted by Gasteiger charge is 2.35. The highest BCUT2D eigenvalue weighted by atomic mass is 32.2. The van der Waals surface area contributed by atoms with Crippen molar-refractivity contribution in [2.75, 3.05) is 12.4 Å². The minimum absolute atomic E-state index is 0.448. The maximum Gasteiger partial charge on any atom is 0.0850 e. The van der Waals surface area contributed by atoms with Crippen LogP contribution in [0.1, 0.15) is 30.1 Å². The summed E-state index contributed by atoms with van der Waals surface area (Å²) in [5, 5.41) is 8.13. The number of aryl methyl sites for hydroxylation is 1. The van der Waals surface area contributed by atoms with Gasteiger partial charge in [0.25, 0.3) is 0 Å². The zero-order valence-electron chi connectivity index (χ0n) is 15.1. The van der Waals surface area contributed by atoms with Crippen molar-refractivity contribution in [2.45, 2.75) is 41.1 Å². The standard InChI is InChI=1S/C21H23N3OS/c1-22-13-4-3-5-15(10-13)26(25)16-7-9-19-17(12-16)21-18-8-6-14(23-18)11-20(21)24(19)2/h3-5,7,9-10,12,14,18,22-23H,6,8,11H2,1-2H3. The molecule has 3 atom stereocenters. The normalized spacial score (nSPS) is 22.4. The highest BCUT2D eigenvalue weighted by Crippen LogP contribution is 2.42. The first-order chi connectivity index (χ1) is 12.7. The monoisotopic (exact) mass is 365 g/mol. The minimum Gasteiger partial charge on any atom is -0.388 e. The van der Waals surface area contributed by atoms with Crippen LogP contribution in [0, 0.1) is 0 Å². The average Bonchev–Trinajstić information content (AvgIpc) is 3.20. The Morgan fingerprint density at radius 3 is 2.85 bits per heavy atom. The molecule has 0 saturated carbocycles. The number of anilines is 1. The van der Waals surface area contributed by atoms with Gasteiger partial charge in [-0.2, -0.15) is 0 Å². The molecule has 0 radical (unpaired) electrons. The maximum atomic E-state index is 13.2. The molecule has 0 amide bonds. The molecule has 3 aromatic rings. The van der Waals surface area contributed by atoms with E-state index < -0.39 is 10.8 Å². The van der Waals surface area contributed by atoms with Gasteiger partial charge in [-0.05, 0) is 54.8 Å². The van der Waals surface area contributed by atoms with Gasteiger partial charge in [0, 0.05) is 64.7 Å². The first-order valence-electron chi connectivity index (χ1n) is 9.22. The molecule has 2 bridgehead atoms. The smallest absolute Gasteiger partial charge is 0.0850 e. The van der Waals surface area contributed by atoms with Crippen LogP contribution in [-0.4, -0.2) is 21.9 Å². The van der Waals surface area contributed by atoms with Gasteiger partial charge in [-0.15, -0.1) is 0 Å². The molecule has 3 heterocycles. The number of rotatable bonds is 3. The molecule has 2 aromatic carbocycles. The molecule has 1 aromatic heterocycles. The van der Waals surface area contributed by atoms with E-state index in [1.807, 2.05) is 37.4 Å². The number of aromatic nitrogens is 1. The van der Waals surface area contributed by atoms with Crippen LogP contribution in [0.5, 0.6) is 0 Å². The Hall–Kier alpha value is -2.11. The van der Waals surface area contributed by atoms with Crippen LogP contribution in [-0.2, 0) is 24.3 Å². The van der Waals surface area contributed by atoms with Crippen LogP contribution in [0.2, 0.25) is 0 Å². The molecule has 0 spiro atoms. The number of fused-ring (bicyclic) bond motifs is 6. The molecule has 5 heteroatoms. The molecular formula is C21H23N3OS. The van der Waals surface area contributed by atoms with Gasteiger partial charge < -0.3 is 15.2 Å². The molecule has 1 fully saturated rings. The fourth-order valence-electron chi connectivity index (χ4n) is 4.60. The van der Waals surface area contributed by atoms with Crippen molar-refractivity contribution in [3.05, 3.63) is 53.7 Å². The van der Waals surface area contributed by atoms with E-state index in [0.717, 1.165) is 21.9 Å². The average molecular weight is 366 g/mol. The van der Waals surface area contributed by atoms with Gasteiger partial charge in [-0.1, -0.05) is 6.07 Å². The predicted molar refractivity (Wildman–Crippen MR) is 106 cm³/mol. The third-order valence-electron chi connectivity index (χ3n) is 5.92. The Balaban J connectivity index is 1.63. The number of benzene rings is 2. The summed E-state index contributed by atoms with van der Waals surface area (Å²) in [6.07, 6.45) is 3.55. The Morgan fingerprint density at radius 2 is 2.00 bits per heavy atom. The highest BCUT2D eigenvalue weighted by molar-refractivity contribution is 7.85. The summed E-state index contributed by atoms with van der Waals surface area (Å²) < 4.78 is 15.5. The third kappa shape index (κ3) is 2.34. The van der Waals surface area contributed by atoms with E-state index in [1.165, 1.54) is 35.0 Å². The Bertz CT molecular complexity index is 1040. The third-order valence-corrected chi connectivity index (χ3v) is 7.28. The summed E-state index contributed by atoms with van der Waals surface area (Å²) in [6, 6.07) is 15.2. The lowest BCUT2D eigenvalue weighted by Gasteiger charge is -2.23. The van der Waals surface area contributed by atoms with Gasteiger partial charge in [-0.25, -0.2) is 4.21 Å². The van der Waals surface area contributed by atoms with Crippen molar-refractivity contribution in [3.8, 4) is 0 Å². The van der Waals surface area contributed by atoms with E-state index in [0.29, 0.717) is 12.1 Å². The van der Waals surface area contributed by atoms with Crippen molar-refractivity contribution in [3.63, 3.8) is 0 Å². The number of nitrogens with zero attached hydrogens (tertiary/aromatic N) is 1. The van der Waals surface area contributed by atoms with E-state index in [-0.39, 0.29) is 0 Å². The van der Waals surface area contributed by atoms with E-state index in [9.17, 15) is 4.21 Å². The van der Waals surface area contributed by atoms with E-state index in [4.69, 9.17) is 0 Å². The molecule has 2 aliphatic rings. The van der Waals surface area contributed by atoms with Gasteiger partial charge in [0.2, 0.25) is 0 Å². The van der Waals surface area contributed by atoms with Crippen LogP contribution in [0.15, 0.2) is 52.3 Å². The number of hydrogen-bond acceptors (Lipinski definition) is 3. The Kier molecular flexibility index (Phi) is 3.69. The van der Waals surface area contributed by atoms with Gasteiger partial charge in [0.1, 0.15) is 0 Å². The lowest BCUT2D eigenvalue weighted by Crippen LogP contribution is -2.32. The van der Waals surface area contributed by atoms with Crippen molar-refractivity contribution in [1.82, 2.24) is 9.88 Å². The second-order valence-corrected chi connectivity index (χ2v) is 8.82. The summed E-state index contributed by atoms with van der Waals surface area (Å²) >= 11 is 0. The van der Waals surface area contributed by atoms with E-state index in [1.54, 1.807) is 0 Å². The van der Waals surface area contributed by atoms with Crippen LogP contribution in [0.3, 0.4) is 0 Å². The first-order valence-corrected chi connectivity index (χ1v) is 10.4. The minimum atomic E-state index is -1.18. The van der Waals surface area contributed by atoms with Crippen molar-refractivity contribution < 1.29 is 4.21 Å². The van der Waals surface area contributed by atoms with Crippen LogP contribution >= 0.6 is 0 Å². The second kappa shape index (κ2) is 5.96.